The van der Waals surface area contributed by atoms with Crippen molar-refractivity contribution >= 4 is 5.82 Å². The Morgan fingerprint density at radius 2 is 1.79 bits per heavy atom. The molecule has 2 rings (SSSR count). The van der Waals surface area contributed by atoms with Crippen molar-refractivity contribution in [2.75, 3.05) is 5.73 Å². The fourth-order valence-corrected chi connectivity index (χ4v) is 1.14. The van der Waals surface area contributed by atoms with Gasteiger partial charge in [0.25, 0.3) is 0 Å². The molecular formula is C11H15N3. The van der Waals surface area contributed by atoms with Crippen LogP contribution in [0, 0.1) is 0 Å². The number of H-pyrrole nitrogens is 1. The highest BCUT2D eigenvalue weighted by Crippen LogP contribution is 2.22. The Labute approximate surface area is 84.0 Å². The third-order valence-electron chi connectivity index (χ3n) is 1.75. The van der Waals surface area contributed by atoms with Crippen molar-refractivity contribution in [3.05, 3.63) is 36.5 Å². The standard InChI is InChI=1S/C9H9N3.C2H6/c10-9-8(6-11-12-9)7-4-2-1-3-5-7;1-2/h1-6H,(H3,10,11,12);1-2H3. The Bertz CT molecular complexity index is 365. The maximum atomic E-state index is 5.65. The van der Waals surface area contributed by atoms with Crippen LogP contribution in [0.1, 0.15) is 13.8 Å². The van der Waals surface area contributed by atoms with E-state index in [0.717, 1.165) is 11.1 Å². The first-order valence-electron chi connectivity index (χ1n) is 4.72. The summed E-state index contributed by atoms with van der Waals surface area (Å²) in [5.74, 6) is 0.612. The SMILES string of the molecule is CC.Nc1[nH]ncc1-c1ccccc1. The van der Waals surface area contributed by atoms with Crippen LogP contribution in [-0.4, -0.2) is 10.2 Å². The van der Waals surface area contributed by atoms with Gasteiger partial charge in [-0.25, -0.2) is 0 Å². The van der Waals surface area contributed by atoms with E-state index >= 15 is 0 Å². The molecular weight excluding hydrogens is 174 g/mol. The molecule has 0 spiro atoms. The number of rotatable bonds is 1. The fraction of sp³-hybridized carbons (Fsp3) is 0.182. The molecule has 3 heteroatoms. The average molecular weight is 189 g/mol. The number of anilines is 1. The molecule has 0 fully saturated rings. The van der Waals surface area contributed by atoms with E-state index in [0.29, 0.717) is 5.82 Å². The predicted octanol–water partition coefficient (Wildman–Crippen LogP) is 2.69. The van der Waals surface area contributed by atoms with Crippen LogP contribution in [0.25, 0.3) is 11.1 Å². The molecule has 0 saturated heterocycles. The summed E-state index contributed by atoms with van der Waals surface area (Å²) in [5.41, 5.74) is 7.70. The fourth-order valence-electron chi connectivity index (χ4n) is 1.14. The first kappa shape index (κ1) is 10.3. The van der Waals surface area contributed by atoms with E-state index < -0.39 is 0 Å². The van der Waals surface area contributed by atoms with Crippen molar-refractivity contribution < 1.29 is 0 Å². The second kappa shape index (κ2) is 5.07. The Hall–Kier alpha value is -1.77. The Kier molecular flexibility index (Phi) is 3.73. The molecule has 0 unspecified atom stereocenters. The smallest absolute Gasteiger partial charge is 0.126 e. The predicted molar refractivity (Wildman–Crippen MR) is 59.8 cm³/mol. The van der Waals surface area contributed by atoms with E-state index in [4.69, 9.17) is 5.73 Å². The van der Waals surface area contributed by atoms with E-state index in [-0.39, 0.29) is 0 Å². The lowest BCUT2D eigenvalue weighted by molar-refractivity contribution is 1.10. The molecule has 0 bridgehead atoms. The van der Waals surface area contributed by atoms with Crippen LogP contribution in [-0.2, 0) is 0 Å². The van der Waals surface area contributed by atoms with Gasteiger partial charge in [0.2, 0.25) is 0 Å². The molecule has 74 valence electrons. The minimum absolute atomic E-state index is 0.612. The van der Waals surface area contributed by atoms with Crippen molar-refractivity contribution in [1.82, 2.24) is 10.2 Å². The summed E-state index contributed by atoms with van der Waals surface area (Å²) in [5, 5.41) is 6.54. The molecule has 0 radical (unpaired) electrons. The lowest BCUT2D eigenvalue weighted by Gasteiger charge is -1.96. The van der Waals surface area contributed by atoms with Gasteiger partial charge < -0.3 is 5.73 Å². The number of aromatic amines is 1. The summed E-state index contributed by atoms with van der Waals surface area (Å²) in [6.45, 7) is 4.00. The zero-order valence-electron chi connectivity index (χ0n) is 8.49. The van der Waals surface area contributed by atoms with Gasteiger partial charge in [-0.05, 0) is 5.56 Å². The topological polar surface area (TPSA) is 54.7 Å². The summed E-state index contributed by atoms with van der Waals surface area (Å²) >= 11 is 0. The van der Waals surface area contributed by atoms with Gasteiger partial charge >= 0.3 is 0 Å². The third kappa shape index (κ3) is 2.13. The van der Waals surface area contributed by atoms with Gasteiger partial charge in [-0.2, -0.15) is 5.10 Å². The van der Waals surface area contributed by atoms with Crippen molar-refractivity contribution in [1.29, 1.82) is 0 Å². The van der Waals surface area contributed by atoms with Crippen molar-refractivity contribution in [2.24, 2.45) is 0 Å². The van der Waals surface area contributed by atoms with E-state index in [9.17, 15) is 0 Å². The number of nitrogens with one attached hydrogen (secondary N) is 1. The highest BCUT2D eigenvalue weighted by Gasteiger charge is 2.01. The van der Waals surface area contributed by atoms with Crippen LogP contribution < -0.4 is 5.73 Å². The summed E-state index contributed by atoms with van der Waals surface area (Å²) in [7, 11) is 0. The molecule has 3 nitrogen and oxygen atoms in total. The minimum Gasteiger partial charge on any atom is -0.384 e. The molecule has 0 atom stereocenters. The third-order valence-corrected chi connectivity index (χ3v) is 1.75. The molecule has 0 aliphatic rings. The first-order valence-corrected chi connectivity index (χ1v) is 4.72. The van der Waals surface area contributed by atoms with Gasteiger partial charge in [0.1, 0.15) is 5.82 Å². The largest absolute Gasteiger partial charge is 0.384 e. The number of nitrogens with two attached hydrogens (primary N) is 1. The molecule has 0 aliphatic carbocycles. The molecule has 3 N–H and O–H groups in total. The van der Waals surface area contributed by atoms with E-state index in [1.165, 1.54) is 0 Å². The average Bonchev–Trinajstić information content (AvgIpc) is 2.69. The highest BCUT2D eigenvalue weighted by molar-refractivity contribution is 5.72. The van der Waals surface area contributed by atoms with Crippen LogP contribution in [0.5, 0.6) is 0 Å². The van der Waals surface area contributed by atoms with Crippen LogP contribution in [0.2, 0.25) is 0 Å². The quantitative estimate of drug-likeness (QED) is 0.724. The highest BCUT2D eigenvalue weighted by atomic mass is 15.1. The maximum absolute atomic E-state index is 5.65. The number of nitrogen functional groups attached to an aromatic ring is 1. The van der Waals surface area contributed by atoms with Crippen molar-refractivity contribution in [3.63, 3.8) is 0 Å². The van der Waals surface area contributed by atoms with Crippen LogP contribution in [0.15, 0.2) is 36.5 Å². The van der Waals surface area contributed by atoms with Crippen molar-refractivity contribution in [2.45, 2.75) is 13.8 Å². The monoisotopic (exact) mass is 189 g/mol. The zero-order chi connectivity index (χ0) is 10.4. The number of hydrogen-bond acceptors (Lipinski definition) is 2. The molecule has 0 amide bonds. The summed E-state index contributed by atoms with van der Waals surface area (Å²) in [6, 6.07) is 9.92. The summed E-state index contributed by atoms with van der Waals surface area (Å²) < 4.78 is 0. The van der Waals surface area contributed by atoms with Crippen LogP contribution in [0.3, 0.4) is 0 Å². The number of nitrogens with zero attached hydrogens (tertiary/aromatic N) is 1. The van der Waals surface area contributed by atoms with Gasteiger partial charge in [0, 0.05) is 5.56 Å². The second-order valence-corrected chi connectivity index (χ2v) is 2.56. The van der Waals surface area contributed by atoms with Gasteiger partial charge in [-0.15, -0.1) is 0 Å². The van der Waals surface area contributed by atoms with Gasteiger partial charge in [-0.1, -0.05) is 44.2 Å². The lowest BCUT2D eigenvalue weighted by Crippen LogP contribution is -1.86. The summed E-state index contributed by atoms with van der Waals surface area (Å²) in [6.07, 6.45) is 1.73. The molecule has 1 heterocycles. The minimum atomic E-state index is 0.612. The molecule has 14 heavy (non-hydrogen) atoms. The van der Waals surface area contributed by atoms with Gasteiger partial charge in [0.15, 0.2) is 0 Å². The number of aromatic nitrogens is 2. The molecule has 1 aromatic carbocycles. The molecule has 1 aromatic heterocycles. The van der Waals surface area contributed by atoms with E-state index in [1.54, 1.807) is 6.20 Å². The van der Waals surface area contributed by atoms with E-state index in [2.05, 4.69) is 10.2 Å². The Balaban J connectivity index is 0.000000461. The molecule has 2 aromatic rings. The maximum Gasteiger partial charge on any atom is 0.126 e. The summed E-state index contributed by atoms with van der Waals surface area (Å²) in [4.78, 5) is 0. The zero-order valence-corrected chi connectivity index (χ0v) is 8.49. The molecule has 0 aliphatic heterocycles. The van der Waals surface area contributed by atoms with Crippen LogP contribution >= 0.6 is 0 Å². The number of benzene rings is 1. The van der Waals surface area contributed by atoms with Crippen LogP contribution in [0.4, 0.5) is 5.82 Å². The lowest BCUT2D eigenvalue weighted by atomic mass is 10.1. The van der Waals surface area contributed by atoms with E-state index in [1.807, 2.05) is 44.2 Å². The van der Waals surface area contributed by atoms with Crippen molar-refractivity contribution in [3.8, 4) is 11.1 Å². The first-order chi connectivity index (χ1) is 6.88. The number of hydrogen-bond donors (Lipinski definition) is 2. The van der Waals surface area contributed by atoms with Gasteiger partial charge in [0.05, 0.1) is 6.20 Å². The normalized spacial score (nSPS) is 9.00. The Morgan fingerprint density at radius 1 is 1.14 bits per heavy atom. The molecule has 0 saturated carbocycles. The Morgan fingerprint density at radius 3 is 2.29 bits per heavy atom. The second-order valence-electron chi connectivity index (χ2n) is 2.56. The van der Waals surface area contributed by atoms with Gasteiger partial charge in [-0.3, -0.25) is 5.10 Å².